The normalized spacial score (nSPS) is 9.50. The van der Waals surface area contributed by atoms with Crippen molar-refractivity contribution in [3.63, 3.8) is 0 Å². The maximum atomic E-state index is 11.1. The number of phenols is 1. The van der Waals surface area contributed by atoms with Crippen molar-refractivity contribution in [2.45, 2.75) is 0 Å². The molecule has 0 saturated heterocycles. The fourth-order valence-corrected chi connectivity index (χ4v) is 0.872. The van der Waals surface area contributed by atoms with Gasteiger partial charge in [-0.3, -0.25) is 4.79 Å². The molecular formula is C10H8NNaO4. The smallest absolute Gasteiger partial charge is 0.545 e. The van der Waals surface area contributed by atoms with E-state index in [1.54, 1.807) is 0 Å². The minimum Gasteiger partial charge on any atom is -0.545 e. The Morgan fingerprint density at radius 1 is 1.19 bits per heavy atom. The van der Waals surface area contributed by atoms with Crippen LogP contribution < -0.4 is 40.0 Å². The number of carbonyl (C=O) groups is 2. The van der Waals surface area contributed by atoms with E-state index in [-0.39, 0.29) is 35.3 Å². The molecule has 1 aromatic carbocycles. The van der Waals surface area contributed by atoms with Crippen LogP contribution in [-0.4, -0.2) is 17.0 Å². The molecule has 0 fully saturated rings. The summed E-state index contributed by atoms with van der Waals surface area (Å²) in [4.78, 5) is 21.0. The van der Waals surface area contributed by atoms with Crippen LogP contribution in [0.3, 0.4) is 0 Å². The fourth-order valence-electron chi connectivity index (χ4n) is 0.872. The van der Waals surface area contributed by atoms with Crippen LogP contribution in [0.15, 0.2) is 36.4 Å². The number of hydrogen-bond donors (Lipinski definition) is 2. The van der Waals surface area contributed by atoms with Gasteiger partial charge in [0.2, 0.25) is 5.91 Å². The first-order valence-corrected chi connectivity index (χ1v) is 4.07. The van der Waals surface area contributed by atoms with E-state index in [0.717, 1.165) is 6.08 Å². The van der Waals surface area contributed by atoms with Gasteiger partial charge in [-0.1, -0.05) is 0 Å². The Morgan fingerprint density at radius 3 is 2.25 bits per heavy atom. The summed E-state index contributed by atoms with van der Waals surface area (Å²) >= 11 is 0. The fraction of sp³-hybridized carbons (Fsp3) is 0. The van der Waals surface area contributed by atoms with Crippen molar-refractivity contribution in [3.05, 3.63) is 36.4 Å². The molecule has 6 heteroatoms. The molecule has 0 saturated carbocycles. The number of carboxylic acids is 1. The maximum absolute atomic E-state index is 11.1. The number of hydrogen-bond acceptors (Lipinski definition) is 4. The number of nitrogens with one attached hydrogen (secondary N) is 1. The summed E-state index contributed by atoms with van der Waals surface area (Å²) in [6.07, 6.45) is 1.48. The average molecular weight is 229 g/mol. The summed E-state index contributed by atoms with van der Waals surface area (Å²) in [6.45, 7) is 0. The zero-order valence-electron chi connectivity index (χ0n) is 8.64. The molecule has 1 amide bonds. The summed E-state index contributed by atoms with van der Waals surface area (Å²) in [5, 5.41) is 21.3. The molecule has 2 N–H and O–H groups in total. The third-order valence-corrected chi connectivity index (χ3v) is 1.51. The summed E-state index contributed by atoms with van der Waals surface area (Å²) in [6, 6.07) is 5.77. The molecule has 0 aliphatic rings. The van der Waals surface area contributed by atoms with Gasteiger partial charge in [-0.05, 0) is 30.3 Å². The molecule has 1 rings (SSSR count). The van der Waals surface area contributed by atoms with E-state index in [2.05, 4.69) is 5.32 Å². The molecule has 0 bridgehead atoms. The Hall–Kier alpha value is -1.30. The second kappa shape index (κ2) is 7.05. The van der Waals surface area contributed by atoms with Gasteiger partial charge in [-0.15, -0.1) is 0 Å². The van der Waals surface area contributed by atoms with Gasteiger partial charge in [0.15, 0.2) is 0 Å². The minimum atomic E-state index is -1.43. The molecule has 0 aliphatic heterocycles. The number of amides is 1. The van der Waals surface area contributed by atoms with Gasteiger partial charge < -0.3 is 20.3 Å². The van der Waals surface area contributed by atoms with Gasteiger partial charge in [0.25, 0.3) is 0 Å². The molecule has 0 unspecified atom stereocenters. The van der Waals surface area contributed by atoms with Crippen LogP contribution >= 0.6 is 0 Å². The molecule has 0 heterocycles. The van der Waals surface area contributed by atoms with Gasteiger partial charge in [0.1, 0.15) is 5.75 Å². The molecule has 0 spiro atoms. The third-order valence-electron chi connectivity index (χ3n) is 1.51. The van der Waals surface area contributed by atoms with Crippen molar-refractivity contribution >= 4 is 17.6 Å². The minimum absolute atomic E-state index is 0. The Morgan fingerprint density at radius 2 is 1.75 bits per heavy atom. The third kappa shape index (κ3) is 5.55. The molecule has 0 aliphatic carbocycles. The van der Waals surface area contributed by atoms with E-state index >= 15 is 0 Å². The van der Waals surface area contributed by atoms with Crippen LogP contribution in [0.25, 0.3) is 0 Å². The van der Waals surface area contributed by atoms with Gasteiger partial charge in [0, 0.05) is 11.8 Å². The number of aromatic hydroxyl groups is 1. The van der Waals surface area contributed by atoms with Gasteiger partial charge >= 0.3 is 29.6 Å². The summed E-state index contributed by atoms with van der Waals surface area (Å²) < 4.78 is 0. The summed E-state index contributed by atoms with van der Waals surface area (Å²) in [7, 11) is 0. The molecule has 16 heavy (non-hydrogen) atoms. The van der Waals surface area contributed by atoms with Crippen molar-refractivity contribution in [1.82, 2.24) is 0 Å². The summed E-state index contributed by atoms with van der Waals surface area (Å²) in [5.74, 6) is -1.93. The van der Waals surface area contributed by atoms with Crippen molar-refractivity contribution in [2.75, 3.05) is 5.32 Å². The molecule has 0 atom stereocenters. The molecule has 78 valence electrons. The van der Waals surface area contributed by atoms with Crippen LogP contribution in [0.1, 0.15) is 0 Å². The second-order valence-electron chi connectivity index (χ2n) is 2.69. The number of carbonyl (C=O) groups excluding carboxylic acids is 2. The van der Waals surface area contributed by atoms with Crippen LogP contribution in [0.2, 0.25) is 0 Å². The number of carboxylic acid groups (broad SMARTS) is 1. The SMILES string of the molecule is O=C([O-])/C=C\C(=O)Nc1ccc(O)cc1.[Na+]. The van der Waals surface area contributed by atoms with Crippen molar-refractivity contribution in [2.24, 2.45) is 0 Å². The number of phenolic OH excluding ortho intramolecular Hbond substituents is 1. The average Bonchev–Trinajstić information content (AvgIpc) is 2.19. The molecule has 5 nitrogen and oxygen atoms in total. The first-order valence-electron chi connectivity index (χ1n) is 4.07. The van der Waals surface area contributed by atoms with Crippen molar-refractivity contribution < 1.29 is 49.4 Å². The summed E-state index contributed by atoms with van der Waals surface area (Å²) in [5.41, 5.74) is 0.459. The molecular weight excluding hydrogens is 221 g/mol. The van der Waals surface area contributed by atoms with E-state index in [4.69, 9.17) is 5.11 Å². The Bertz CT molecular complexity index is 400. The Balaban J connectivity index is 0.00000225. The van der Waals surface area contributed by atoms with E-state index in [1.807, 2.05) is 0 Å². The molecule has 0 radical (unpaired) electrons. The maximum Gasteiger partial charge on any atom is 1.00 e. The standard InChI is InChI=1S/C10H9NO4.Na/c12-8-3-1-7(2-4-8)11-9(13)5-6-10(14)15;/h1-6,12H,(H,11,13)(H,14,15);/q;+1/p-1/b6-5-;. The quantitative estimate of drug-likeness (QED) is 0.322. The molecule has 0 aromatic heterocycles. The van der Waals surface area contributed by atoms with Crippen LogP contribution in [0.4, 0.5) is 5.69 Å². The number of aliphatic carboxylic acids is 1. The van der Waals surface area contributed by atoms with E-state index < -0.39 is 11.9 Å². The zero-order chi connectivity index (χ0) is 11.3. The topological polar surface area (TPSA) is 89.5 Å². The van der Waals surface area contributed by atoms with Crippen LogP contribution in [0.5, 0.6) is 5.75 Å². The predicted molar refractivity (Wildman–Crippen MR) is 50.9 cm³/mol. The van der Waals surface area contributed by atoms with Crippen molar-refractivity contribution in [1.29, 1.82) is 0 Å². The second-order valence-corrected chi connectivity index (χ2v) is 2.69. The largest absolute Gasteiger partial charge is 1.00 e. The van der Waals surface area contributed by atoms with Gasteiger partial charge in [0.05, 0.1) is 5.97 Å². The van der Waals surface area contributed by atoms with E-state index in [9.17, 15) is 14.7 Å². The van der Waals surface area contributed by atoms with Crippen LogP contribution in [0, 0.1) is 0 Å². The van der Waals surface area contributed by atoms with E-state index in [1.165, 1.54) is 24.3 Å². The number of benzene rings is 1. The monoisotopic (exact) mass is 229 g/mol. The first kappa shape index (κ1) is 14.7. The zero-order valence-corrected chi connectivity index (χ0v) is 10.6. The van der Waals surface area contributed by atoms with E-state index in [0.29, 0.717) is 11.8 Å². The van der Waals surface area contributed by atoms with Crippen LogP contribution in [-0.2, 0) is 9.59 Å². The van der Waals surface area contributed by atoms with Gasteiger partial charge in [-0.25, -0.2) is 0 Å². The Labute approximate surface area is 114 Å². The first-order chi connectivity index (χ1) is 7.08. The number of anilines is 1. The van der Waals surface area contributed by atoms with Gasteiger partial charge in [-0.2, -0.15) is 0 Å². The van der Waals surface area contributed by atoms with Crippen molar-refractivity contribution in [3.8, 4) is 5.75 Å². The predicted octanol–water partition coefficient (Wildman–Crippen LogP) is -3.36. The number of rotatable bonds is 3. The molecule has 1 aromatic rings. The Kier molecular flexibility index (Phi) is 6.48.